The fourth-order valence-corrected chi connectivity index (χ4v) is 2.99. The lowest BCUT2D eigenvalue weighted by Gasteiger charge is -2.36. The Balaban J connectivity index is 2.11. The van der Waals surface area contributed by atoms with Gasteiger partial charge in [0.05, 0.1) is 0 Å². The molecule has 4 atom stereocenters. The highest BCUT2D eigenvalue weighted by Crippen LogP contribution is 2.31. The maximum Gasteiger partial charge on any atom is 0.325 e. The van der Waals surface area contributed by atoms with Crippen LogP contribution >= 0.6 is 0 Å². The van der Waals surface area contributed by atoms with Gasteiger partial charge in [-0.25, -0.2) is 0 Å². The molecule has 2 N–H and O–H groups in total. The van der Waals surface area contributed by atoms with E-state index in [2.05, 4.69) is 19.2 Å². The van der Waals surface area contributed by atoms with Crippen LogP contribution in [-0.2, 0) is 4.79 Å². The van der Waals surface area contributed by atoms with Gasteiger partial charge in [-0.3, -0.25) is 10.1 Å². The van der Waals surface area contributed by atoms with Crippen LogP contribution in [0.25, 0.3) is 0 Å². The van der Waals surface area contributed by atoms with Gasteiger partial charge in [-0.05, 0) is 23.8 Å². The molecular formula is C16H23NO2. The molecule has 3 nitrogen and oxygen atoms in total. The Hall–Kier alpha value is -1.35. The van der Waals surface area contributed by atoms with Crippen molar-refractivity contribution in [2.45, 2.75) is 45.2 Å². The van der Waals surface area contributed by atoms with E-state index in [1.165, 1.54) is 12.8 Å². The molecule has 0 heterocycles. The van der Waals surface area contributed by atoms with Crippen LogP contribution < -0.4 is 5.32 Å². The average Bonchev–Trinajstić information content (AvgIpc) is 2.41. The Morgan fingerprint density at radius 2 is 1.95 bits per heavy atom. The minimum Gasteiger partial charge on any atom is -0.480 e. The molecule has 1 aliphatic rings. The summed E-state index contributed by atoms with van der Waals surface area (Å²) in [6.07, 6.45) is 3.51. The molecule has 104 valence electrons. The van der Waals surface area contributed by atoms with Gasteiger partial charge in [0.25, 0.3) is 0 Å². The molecule has 0 aromatic heterocycles. The summed E-state index contributed by atoms with van der Waals surface area (Å²) in [4.78, 5) is 11.5. The van der Waals surface area contributed by atoms with Gasteiger partial charge in [-0.1, -0.05) is 57.0 Å². The standard InChI is InChI=1S/C16H23NO2/c1-11-7-6-10-14(12(11)2)17-15(16(18)19)13-8-4-3-5-9-13/h3-5,8-9,11-12,14-15,17H,6-7,10H2,1-2H3,(H,18,19). The molecule has 0 amide bonds. The third kappa shape index (κ3) is 3.35. The lowest BCUT2D eigenvalue weighted by atomic mass is 9.77. The first kappa shape index (κ1) is 14.1. The van der Waals surface area contributed by atoms with Crippen molar-refractivity contribution in [3.63, 3.8) is 0 Å². The molecule has 2 rings (SSSR count). The van der Waals surface area contributed by atoms with Crippen LogP contribution in [0, 0.1) is 11.8 Å². The van der Waals surface area contributed by atoms with Gasteiger partial charge in [0.2, 0.25) is 0 Å². The molecule has 1 aliphatic carbocycles. The number of hydrogen-bond donors (Lipinski definition) is 2. The van der Waals surface area contributed by atoms with Crippen LogP contribution in [0.2, 0.25) is 0 Å². The van der Waals surface area contributed by atoms with E-state index in [1.54, 1.807) is 0 Å². The van der Waals surface area contributed by atoms with Gasteiger partial charge < -0.3 is 5.11 Å². The smallest absolute Gasteiger partial charge is 0.325 e. The highest BCUT2D eigenvalue weighted by atomic mass is 16.4. The van der Waals surface area contributed by atoms with Crippen molar-refractivity contribution in [2.24, 2.45) is 11.8 Å². The molecule has 3 heteroatoms. The van der Waals surface area contributed by atoms with E-state index in [1.807, 2.05) is 30.3 Å². The lowest BCUT2D eigenvalue weighted by Crippen LogP contribution is -2.44. The molecule has 1 aromatic rings. The van der Waals surface area contributed by atoms with Gasteiger partial charge in [0.15, 0.2) is 0 Å². The number of rotatable bonds is 4. The van der Waals surface area contributed by atoms with Crippen molar-refractivity contribution < 1.29 is 9.90 Å². The molecule has 0 radical (unpaired) electrons. The summed E-state index contributed by atoms with van der Waals surface area (Å²) in [6, 6.07) is 9.14. The van der Waals surface area contributed by atoms with E-state index in [4.69, 9.17) is 0 Å². The summed E-state index contributed by atoms with van der Waals surface area (Å²) >= 11 is 0. The van der Waals surface area contributed by atoms with E-state index < -0.39 is 12.0 Å². The molecule has 1 saturated carbocycles. The summed E-state index contributed by atoms with van der Waals surface area (Å²) in [7, 11) is 0. The van der Waals surface area contributed by atoms with Gasteiger partial charge >= 0.3 is 5.97 Å². The van der Waals surface area contributed by atoms with Crippen LogP contribution in [-0.4, -0.2) is 17.1 Å². The lowest BCUT2D eigenvalue weighted by molar-refractivity contribution is -0.140. The Bertz CT molecular complexity index is 418. The van der Waals surface area contributed by atoms with Crippen molar-refractivity contribution in [1.29, 1.82) is 0 Å². The van der Waals surface area contributed by atoms with Gasteiger partial charge in [-0.15, -0.1) is 0 Å². The Labute approximate surface area is 115 Å². The van der Waals surface area contributed by atoms with Crippen molar-refractivity contribution >= 4 is 5.97 Å². The third-order valence-corrected chi connectivity index (χ3v) is 4.47. The first-order valence-corrected chi connectivity index (χ1v) is 7.13. The molecule has 4 unspecified atom stereocenters. The van der Waals surface area contributed by atoms with Crippen molar-refractivity contribution in [3.05, 3.63) is 35.9 Å². The monoisotopic (exact) mass is 261 g/mol. The average molecular weight is 261 g/mol. The normalized spacial score (nSPS) is 28.8. The third-order valence-electron chi connectivity index (χ3n) is 4.47. The topological polar surface area (TPSA) is 49.3 Å². The number of carboxylic acid groups (broad SMARTS) is 1. The van der Waals surface area contributed by atoms with Gasteiger partial charge in [-0.2, -0.15) is 0 Å². The number of carboxylic acids is 1. The zero-order valence-corrected chi connectivity index (χ0v) is 11.7. The number of hydrogen-bond acceptors (Lipinski definition) is 2. The molecule has 1 fully saturated rings. The highest BCUT2D eigenvalue weighted by molar-refractivity contribution is 5.75. The number of carbonyl (C=O) groups is 1. The molecule has 0 saturated heterocycles. The molecule has 0 aliphatic heterocycles. The van der Waals surface area contributed by atoms with Crippen molar-refractivity contribution in [3.8, 4) is 0 Å². The highest BCUT2D eigenvalue weighted by Gasteiger charge is 2.31. The van der Waals surface area contributed by atoms with E-state index in [0.29, 0.717) is 17.9 Å². The molecule has 1 aromatic carbocycles. The summed E-state index contributed by atoms with van der Waals surface area (Å²) in [5.74, 6) is 0.396. The first-order valence-electron chi connectivity index (χ1n) is 7.13. The number of aliphatic carboxylic acids is 1. The van der Waals surface area contributed by atoms with Crippen LogP contribution in [0.1, 0.15) is 44.7 Å². The summed E-state index contributed by atoms with van der Waals surface area (Å²) in [6.45, 7) is 4.49. The predicted octanol–water partition coefficient (Wildman–Crippen LogP) is 3.23. The predicted molar refractivity (Wildman–Crippen MR) is 75.9 cm³/mol. The Kier molecular flexibility index (Phi) is 4.59. The zero-order valence-electron chi connectivity index (χ0n) is 11.7. The van der Waals surface area contributed by atoms with Crippen LogP contribution in [0.3, 0.4) is 0 Å². The zero-order chi connectivity index (χ0) is 13.8. The fraction of sp³-hybridized carbons (Fsp3) is 0.562. The van der Waals surface area contributed by atoms with Gasteiger partial charge in [0.1, 0.15) is 6.04 Å². The number of nitrogens with one attached hydrogen (secondary N) is 1. The molecule has 0 bridgehead atoms. The van der Waals surface area contributed by atoms with Crippen LogP contribution in [0.4, 0.5) is 0 Å². The van der Waals surface area contributed by atoms with Crippen LogP contribution in [0.15, 0.2) is 30.3 Å². The van der Waals surface area contributed by atoms with Crippen molar-refractivity contribution in [1.82, 2.24) is 5.32 Å². The van der Waals surface area contributed by atoms with Crippen molar-refractivity contribution in [2.75, 3.05) is 0 Å². The SMILES string of the molecule is CC1CCCC(NC(C(=O)O)c2ccccc2)C1C. The molecule has 0 spiro atoms. The summed E-state index contributed by atoms with van der Waals surface area (Å²) < 4.78 is 0. The summed E-state index contributed by atoms with van der Waals surface area (Å²) in [5.41, 5.74) is 0.834. The second kappa shape index (κ2) is 6.20. The maximum absolute atomic E-state index is 11.5. The Morgan fingerprint density at radius 1 is 1.26 bits per heavy atom. The second-order valence-electron chi connectivity index (χ2n) is 5.72. The van der Waals surface area contributed by atoms with Crippen LogP contribution in [0.5, 0.6) is 0 Å². The van der Waals surface area contributed by atoms with E-state index in [-0.39, 0.29) is 0 Å². The minimum absolute atomic E-state index is 0.296. The minimum atomic E-state index is -0.795. The summed E-state index contributed by atoms with van der Waals surface area (Å²) in [5, 5.41) is 12.8. The Morgan fingerprint density at radius 3 is 2.58 bits per heavy atom. The van der Waals surface area contributed by atoms with E-state index in [9.17, 15) is 9.90 Å². The van der Waals surface area contributed by atoms with E-state index >= 15 is 0 Å². The maximum atomic E-state index is 11.5. The fourth-order valence-electron chi connectivity index (χ4n) is 2.99. The largest absolute Gasteiger partial charge is 0.480 e. The van der Waals surface area contributed by atoms with Gasteiger partial charge in [0, 0.05) is 6.04 Å². The molecular weight excluding hydrogens is 238 g/mol. The second-order valence-corrected chi connectivity index (χ2v) is 5.72. The van der Waals surface area contributed by atoms with E-state index in [0.717, 1.165) is 12.0 Å². The molecule has 19 heavy (non-hydrogen) atoms. The quantitative estimate of drug-likeness (QED) is 0.875. The number of benzene rings is 1. The first-order chi connectivity index (χ1) is 9.09.